The molecule has 18 N–H and O–H groups in total. The van der Waals surface area contributed by atoms with Crippen LogP contribution in [0, 0.1) is 0 Å². The lowest BCUT2D eigenvalue weighted by atomic mass is 9.87. The van der Waals surface area contributed by atoms with Gasteiger partial charge in [0, 0.05) is 71.0 Å². The van der Waals surface area contributed by atoms with Gasteiger partial charge in [-0.2, -0.15) is 0 Å². The van der Waals surface area contributed by atoms with Crippen LogP contribution in [0.15, 0.2) is 107 Å². The van der Waals surface area contributed by atoms with E-state index in [0.29, 0.717) is 6.07 Å². The number of carbonyl (C=O) groups is 3. The highest BCUT2D eigenvalue weighted by Gasteiger charge is 2.43. The molecule has 6 atom stereocenters. The highest BCUT2D eigenvalue weighted by atomic mass is 16.7. The Kier molecular flexibility index (Phi) is 14.4. The van der Waals surface area contributed by atoms with Gasteiger partial charge in [0.05, 0.1) is 33.4 Å². The minimum Gasteiger partial charge on any atom is -0.508 e. The second-order valence-electron chi connectivity index (χ2n) is 21.8. The maximum absolute atomic E-state index is 15.0. The van der Waals surface area contributed by atoms with Crippen LogP contribution in [-0.4, -0.2) is 128 Å². The molecule has 3 heterocycles. The fourth-order valence-electron chi connectivity index (χ4n) is 11.6. The van der Waals surface area contributed by atoms with Crippen molar-refractivity contribution in [3.8, 4) is 121 Å². The quantitative estimate of drug-likeness (QED) is 0.0439. The van der Waals surface area contributed by atoms with Gasteiger partial charge in [-0.3, -0.25) is 9.59 Å². The highest BCUT2D eigenvalue weighted by molar-refractivity contribution is 6.00. The molecule has 0 spiro atoms. The number of phenols is 16. The zero-order valence-electron chi connectivity index (χ0n) is 46.9. The van der Waals surface area contributed by atoms with Gasteiger partial charge in [0.15, 0.2) is 92.7 Å². The number of hydrogen-bond acceptors (Lipinski definition) is 29. The first-order chi connectivity index (χ1) is 44.0. The zero-order valence-corrected chi connectivity index (χ0v) is 46.9. The normalized spacial score (nSPS) is 17.9. The Bertz CT molecular complexity index is 4840. The summed E-state index contributed by atoms with van der Waals surface area (Å²) in [5.74, 6) is -22.9. The predicted molar refractivity (Wildman–Crippen MR) is 311 cm³/mol. The lowest BCUT2D eigenvalue weighted by molar-refractivity contribution is -0.0713. The summed E-state index contributed by atoms with van der Waals surface area (Å²) in [6, 6.07) is 13.8. The number of benzene rings is 7. The molecule has 476 valence electrons. The molecule has 0 fully saturated rings. The molecule has 0 unspecified atom stereocenters. The Morgan fingerprint density at radius 1 is 0.366 bits per heavy atom. The van der Waals surface area contributed by atoms with Gasteiger partial charge >= 0.3 is 17.9 Å². The lowest BCUT2D eigenvalue weighted by Crippen LogP contribution is -2.36. The molecule has 3 aliphatic heterocycles. The maximum Gasteiger partial charge on any atom is 0.341 e. The van der Waals surface area contributed by atoms with Crippen LogP contribution in [-0.2, 0) is 33.5 Å². The monoisotopic (exact) mass is 1280 g/mol. The Morgan fingerprint density at radius 2 is 0.753 bits per heavy atom. The Hall–Kier alpha value is -13.0. The van der Waals surface area contributed by atoms with E-state index < -0.39 is 238 Å². The molecule has 0 aromatic heterocycles. The van der Waals surface area contributed by atoms with E-state index in [9.17, 15) is 111 Å². The van der Waals surface area contributed by atoms with Gasteiger partial charge in [0.2, 0.25) is 10.9 Å². The zero-order chi connectivity index (χ0) is 66.7. The molecule has 12 rings (SSSR count). The molecular formula is C64H46O29. The summed E-state index contributed by atoms with van der Waals surface area (Å²) in [4.78, 5) is 71.4. The van der Waals surface area contributed by atoms with Crippen LogP contribution < -0.4 is 25.1 Å². The van der Waals surface area contributed by atoms with E-state index in [2.05, 4.69) is 0 Å². The molecule has 9 aromatic carbocycles. The number of aromatic hydroxyl groups is 18. The largest absolute Gasteiger partial charge is 0.508 e. The number of phenolic OH excluding ortho intramolecular Hbond substituents is 16. The van der Waals surface area contributed by atoms with Crippen LogP contribution in [0.3, 0.4) is 0 Å². The molecule has 3 aliphatic rings. The fraction of sp³-hybridized carbons (Fsp3) is 0.141. The van der Waals surface area contributed by atoms with Crippen molar-refractivity contribution in [2.24, 2.45) is 0 Å². The van der Waals surface area contributed by atoms with E-state index in [-0.39, 0.29) is 39.3 Å². The molecule has 9 aromatic rings. The van der Waals surface area contributed by atoms with Crippen LogP contribution in [0.25, 0.3) is 21.5 Å². The summed E-state index contributed by atoms with van der Waals surface area (Å²) in [6.45, 7) is 0. The third-order valence-electron chi connectivity index (χ3n) is 15.9. The van der Waals surface area contributed by atoms with Gasteiger partial charge in [-0.1, -0.05) is 0 Å². The fourth-order valence-corrected chi connectivity index (χ4v) is 11.6. The molecular weight excluding hydrogens is 1230 g/mol. The number of rotatable bonds is 9. The average Bonchev–Trinajstić information content (AvgIpc) is 1.71. The highest BCUT2D eigenvalue weighted by Crippen LogP contribution is 2.51. The summed E-state index contributed by atoms with van der Waals surface area (Å²) in [5.41, 5.74) is -6.02. The van der Waals surface area contributed by atoms with Crippen LogP contribution in [0.4, 0.5) is 0 Å². The minimum absolute atomic E-state index is 0.0242. The van der Waals surface area contributed by atoms with Crippen molar-refractivity contribution in [1.29, 1.82) is 0 Å². The third-order valence-corrected chi connectivity index (χ3v) is 15.9. The first kappa shape index (κ1) is 60.3. The smallest absolute Gasteiger partial charge is 0.341 e. The topological polar surface area (TPSA) is 505 Å². The van der Waals surface area contributed by atoms with Crippen LogP contribution in [0.2, 0.25) is 0 Å². The number of carbonyl (C=O) groups excluding carboxylic acids is 3. The molecule has 0 amide bonds. The van der Waals surface area contributed by atoms with E-state index in [1.807, 2.05) is 0 Å². The second-order valence-corrected chi connectivity index (χ2v) is 21.8. The standard InChI is InChI=1S/C64H46O29/c65-25-1-21-3-28(20-2-29-31(16-43(76)56(83)50(29)54(81)41(74)5-20)59-48(18-33-35(68)11-26(66)14-46(33)88-59)90-61(85)23-7-37(70)52(79)38(71)8-23)64(92-58(21)45(78)13-25)93-63(87)22-4-30-32(17-44(77)57(84)51(30)55(82)42(75)6-22)60-49(19-34-36(69)12-27(67)15-47(34)89-60)91-62(86)24-9-39(72)53(80)40(73)10-24/h1-2,4-17,28,48-49,59-60,64-73,76-80,83-84H,3,18-19H2,(H,74,81)(H,75,82)/t28-,48-,49-,59-,60-,64+/m1/s1. The molecule has 93 heavy (non-hydrogen) atoms. The van der Waals surface area contributed by atoms with Crippen molar-refractivity contribution < 1.29 is 135 Å². The third kappa shape index (κ3) is 10.5. The Morgan fingerprint density at radius 3 is 1.23 bits per heavy atom. The van der Waals surface area contributed by atoms with Crippen molar-refractivity contribution in [3.05, 3.63) is 168 Å². The van der Waals surface area contributed by atoms with Gasteiger partial charge < -0.3 is 120 Å². The SMILES string of the molecule is O=C(O[C@@H]1Oc2c(O)cc(O)cc2C[C@@H]1c1cc(O)c(=O)c2c(O)c(O)cc([C@H]3Oc4cc(O)cc(O)c4C[C@H]3OC(=O)c3cc(O)c(O)c(O)c3)c2c1)c1cc(O)c(=O)c2c(O)c(O)cc([C@H]3Oc4cc(O)cc(O)c4C[C@H]3OC(=O)c3cc(O)c(O)c(O)c3)c2c1. The number of esters is 3. The van der Waals surface area contributed by atoms with Gasteiger partial charge in [-0.05, 0) is 89.5 Å². The predicted octanol–water partition coefficient (Wildman–Crippen LogP) is 6.12. The summed E-state index contributed by atoms with van der Waals surface area (Å²) in [7, 11) is 0. The van der Waals surface area contributed by atoms with Gasteiger partial charge in [-0.25, -0.2) is 14.4 Å². The second kappa shape index (κ2) is 22.3. The lowest BCUT2D eigenvalue weighted by Gasteiger charge is -2.35. The van der Waals surface area contributed by atoms with Gasteiger partial charge in [0.25, 0.3) is 6.29 Å². The van der Waals surface area contributed by atoms with Crippen LogP contribution in [0.1, 0.15) is 82.6 Å². The van der Waals surface area contributed by atoms with E-state index in [1.54, 1.807) is 0 Å². The summed E-state index contributed by atoms with van der Waals surface area (Å²) >= 11 is 0. The minimum atomic E-state index is -2.11. The van der Waals surface area contributed by atoms with E-state index in [1.165, 1.54) is 0 Å². The number of ether oxygens (including phenoxy) is 6. The van der Waals surface area contributed by atoms with Crippen molar-refractivity contribution in [2.75, 3.05) is 0 Å². The molecule has 0 bridgehead atoms. The van der Waals surface area contributed by atoms with Gasteiger partial charge in [-0.15, -0.1) is 0 Å². The van der Waals surface area contributed by atoms with Gasteiger partial charge in [0.1, 0.15) is 52.5 Å². The first-order valence-corrected chi connectivity index (χ1v) is 27.3. The van der Waals surface area contributed by atoms with E-state index >= 15 is 4.79 Å². The van der Waals surface area contributed by atoms with Crippen molar-refractivity contribution >= 4 is 39.5 Å². The maximum atomic E-state index is 15.0. The molecule has 0 saturated heterocycles. The number of hydrogen-bond donors (Lipinski definition) is 18. The molecule has 0 radical (unpaired) electrons. The van der Waals surface area contributed by atoms with Crippen molar-refractivity contribution in [1.82, 2.24) is 0 Å². The average molecular weight is 1280 g/mol. The summed E-state index contributed by atoms with van der Waals surface area (Å²) in [6.07, 6.45) is -10.6. The van der Waals surface area contributed by atoms with E-state index in [0.717, 1.165) is 91.0 Å². The number of fused-ring (bicyclic) bond motifs is 5. The molecule has 29 nitrogen and oxygen atoms in total. The summed E-state index contributed by atoms with van der Waals surface area (Å²) < 4.78 is 36.3. The Balaban J connectivity index is 0.997. The molecule has 29 heteroatoms. The van der Waals surface area contributed by atoms with Crippen molar-refractivity contribution in [3.63, 3.8) is 0 Å². The first-order valence-electron chi connectivity index (χ1n) is 27.3. The molecule has 0 aliphatic carbocycles. The van der Waals surface area contributed by atoms with Crippen LogP contribution in [0.5, 0.6) is 121 Å². The Labute approximate surface area is 516 Å². The van der Waals surface area contributed by atoms with Crippen LogP contribution >= 0.6 is 0 Å². The van der Waals surface area contributed by atoms with Crippen molar-refractivity contribution in [2.45, 2.75) is 55.9 Å². The molecule has 0 saturated carbocycles. The summed E-state index contributed by atoms with van der Waals surface area (Å²) in [5, 5.41) is 191. The van der Waals surface area contributed by atoms with E-state index in [4.69, 9.17) is 28.4 Å².